The lowest BCUT2D eigenvalue weighted by atomic mass is 10.1. The Bertz CT molecular complexity index is 595. The molecule has 0 aliphatic carbocycles. The molecule has 1 heterocycles. The number of rotatable bonds is 6. The molecule has 2 aromatic rings. The van der Waals surface area contributed by atoms with Gasteiger partial charge in [0.05, 0.1) is 18.7 Å². The van der Waals surface area contributed by atoms with Crippen molar-refractivity contribution < 1.29 is 14.3 Å². The number of amides is 2. The smallest absolute Gasteiger partial charge is 0.315 e. The molecule has 0 aliphatic heterocycles. The first kappa shape index (κ1) is 16.1. The molecule has 1 aromatic heterocycles. The molecule has 118 valence electrons. The third-order valence-electron chi connectivity index (χ3n) is 3.42. The van der Waals surface area contributed by atoms with Crippen LogP contribution in [0.5, 0.6) is 0 Å². The molecule has 1 unspecified atom stereocenters. The first-order chi connectivity index (χ1) is 10.6. The summed E-state index contributed by atoms with van der Waals surface area (Å²) in [6.45, 7) is 3.59. The first-order valence-corrected chi connectivity index (χ1v) is 7.36. The first-order valence-electron chi connectivity index (χ1n) is 7.36. The van der Waals surface area contributed by atoms with E-state index < -0.39 is 0 Å². The molecule has 5 nitrogen and oxygen atoms in total. The molecule has 2 atom stereocenters. The number of hydrogen-bond donors (Lipinski definition) is 3. The number of hydrogen-bond acceptors (Lipinski definition) is 3. The van der Waals surface area contributed by atoms with Crippen molar-refractivity contribution in [1.29, 1.82) is 0 Å². The highest BCUT2D eigenvalue weighted by molar-refractivity contribution is 5.74. The quantitative estimate of drug-likeness (QED) is 0.767. The summed E-state index contributed by atoms with van der Waals surface area (Å²) in [5, 5.41) is 15.0. The van der Waals surface area contributed by atoms with Gasteiger partial charge in [-0.1, -0.05) is 30.3 Å². The van der Waals surface area contributed by atoms with Gasteiger partial charge in [0, 0.05) is 0 Å². The number of urea groups is 1. The average Bonchev–Trinajstić information content (AvgIpc) is 2.94. The van der Waals surface area contributed by atoms with E-state index in [0.717, 1.165) is 11.3 Å². The maximum atomic E-state index is 12.0. The minimum Gasteiger partial charge on any atom is -0.464 e. The van der Waals surface area contributed by atoms with Crippen LogP contribution in [-0.4, -0.2) is 23.8 Å². The fraction of sp³-hybridized carbons (Fsp3) is 0.353. The van der Waals surface area contributed by atoms with Crippen molar-refractivity contribution in [3.05, 3.63) is 59.5 Å². The SMILES string of the molecule is Cc1ccc(C(C)NC(=O)N[C@H](CO)Cc2ccccc2)o1. The Morgan fingerprint density at radius 2 is 1.91 bits per heavy atom. The van der Waals surface area contributed by atoms with Gasteiger partial charge in [-0.2, -0.15) is 0 Å². The number of benzene rings is 1. The molecule has 0 spiro atoms. The lowest BCUT2D eigenvalue weighted by Gasteiger charge is -2.19. The van der Waals surface area contributed by atoms with Gasteiger partial charge in [0.1, 0.15) is 11.5 Å². The van der Waals surface area contributed by atoms with Gasteiger partial charge in [-0.25, -0.2) is 4.79 Å². The maximum Gasteiger partial charge on any atom is 0.315 e. The van der Waals surface area contributed by atoms with Gasteiger partial charge >= 0.3 is 6.03 Å². The second kappa shape index (κ2) is 7.66. The van der Waals surface area contributed by atoms with Gasteiger partial charge in [0.25, 0.3) is 0 Å². The zero-order chi connectivity index (χ0) is 15.9. The normalized spacial score (nSPS) is 13.4. The molecule has 0 saturated heterocycles. The number of aryl methyl sites for hydroxylation is 1. The van der Waals surface area contributed by atoms with Gasteiger partial charge in [0.2, 0.25) is 0 Å². The summed E-state index contributed by atoms with van der Waals surface area (Å²) in [6.07, 6.45) is 0.582. The highest BCUT2D eigenvalue weighted by Gasteiger charge is 2.16. The number of carbonyl (C=O) groups is 1. The van der Waals surface area contributed by atoms with E-state index in [1.165, 1.54) is 0 Å². The molecule has 3 N–H and O–H groups in total. The summed E-state index contributed by atoms with van der Waals surface area (Å²) in [5.74, 6) is 1.51. The summed E-state index contributed by atoms with van der Waals surface area (Å²) < 4.78 is 5.48. The van der Waals surface area contributed by atoms with Gasteiger partial charge in [-0.3, -0.25) is 0 Å². The molecule has 2 amide bonds. The van der Waals surface area contributed by atoms with E-state index in [-0.39, 0.29) is 24.7 Å². The number of furan rings is 1. The predicted molar refractivity (Wildman–Crippen MR) is 84.5 cm³/mol. The van der Waals surface area contributed by atoms with Gasteiger partial charge in [-0.15, -0.1) is 0 Å². The second-order valence-corrected chi connectivity index (χ2v) is 5.36. The zero-order valence-corrected chi connectivity index (χ0v) is 12.9. The molecule has 1 aromatic carbocycles. The Morgan fingerprint density at radius 1 is 1.18 bits per heavy atom. The number of aliphatic hydroxyl groups is 1. The third-order valence-corrected chi connectivity index (χ3v) is 3.42. The van der Waals surface area contributed by atoms with Crippen LogP contribution in [0.15, 0.2) is 46.9 Å². The largest absolute Gasteiger partial charge is 0.464 e. The summed E-state index contributed by atoms with van der Waals surface area (Å²) in [6, 6.07) is 12.6. The maximum absolute atomic E-state index is 12.0. The lowest BCUT2D eigenvalue weighted by molar-refractivity contribution is 0.212. The van der Waals surface area contributed by atoms with Gasteiger partial charge < -0.3 is 20.2 Å². The van der Waals surface area contributed by atoms with Crippen molar-refractivity contribution in [3.8, 4) is 0 Å². The molecule has 0 bridgehead atoms. The van der Waals surface area contributed by atoms with Crippen molar-refractivity contribution in [2.45, 2.75) is 32.4 Å². The van der Waals surface area contributed by atoms with E-state index in [9.17, 15) is 9.90 Å². The molecular weight excluding hydrogens is 280 g/mol. The molecule has 0 fully saturated rings. The Kier molecular flexibility index (Phi) is 5.61. The van der Waals surface area contributed by atoms with Crippen molar-refractivity contribution in [1.82, 2.24) is 10.6 Å². The second-order valence-electron chi connectivity index (χ2n) is 5.36. The Balaban J connectivity index is 1.86. The van der Waals surface area contributed by atoms with E-state index in [4.69, 9.17) is 4.42 Å². The highest BCUT2D eigenvalue weighted by atomic mass is 16.3. The average molecular weight is 302 g/mol. The van der Waals surface area contributed by atoms with Gasteiger partial charge in [0.15, 0.2) is 0 Å². The summed E-state index contributed by atoms with van der Waals surface area (Å²) >= 11 is 0. The van der Waals surface area contributed by atoms with E-state index in [1.807, 2.05) is 56.3 Å². The van der Waals surface area contributed by atoms with Gasteiger partial charge in [-0.05, 0) is 38.0 Å². The van der Waals surface area contributed by atoms with Crippen LogP contribution in [0.2, 0.25) is 0 Å². The molecule has 22 heavy (non-hydrogen) atoms. The molecule has 0 saturated carbocycles. The summed E-state index contributed by atoms with van der Waals surface area (Å²) in [4.78, 5) is 12.0. The minimum atomic E-state index is -0.326. The minimum absolute atomic E-state index is 0.115. The van der Waals surface area contributed by atoms with Crippen LogP contribution in [0.4, 0.5) is 4.79 Å². The van der Waals surface area contributed by atoms with Crippen LogP contribution in [-0.2, 0) is 6.42 Å². The molecular formula is C17H22N2O3. The lowest BCUT2D eigenvalue weighted by Crippen LogP contribution is -2.45. The monoisotopic (exact) mass is 302 g/mol. The number of nitrogens with one attached hydrogen (secondary N) is 2. The van der Waals surface area contributed by atoms with Crippen LogP contribution in [0.3, 0.4) is 0 Å². The third kappa shape index (κ3) is 4.63. The molecule has 5 heteroatoms. The van der Waals surface area contributed by atoms with E-state index in [2.05, 4.69) is 10.6 Å². The number of carbonyl (C=O) groups excluding carboxylic acids is 1. The Morgan fingerprint density at radius 3 is 2.50 bits per heavy atom. The summed E-state index contributed by atoms with van der Waals surface area (Å²) in [5.41, 5.74) is 1.07. The zero-order valence-electron chi connectivity index (χ0n) is 12.9. The van der Waals surface area contributed by atoms with Crippen molar-refractivity contribution in [2.24, 2.45) is 0 Å². The number of aliphatic hydroxyl groups excluding tert-OH is 1. The van der Waals surface area contributed by atoms with E-state index in [1.54, 1.807) is 0 Å². The fourth-order valence-corrected chi connectivity index (χ4v) is 2.24. The molecule has 0 aliphatic rings. The Hall–Kier alpha value is -2.27. The van der Waals surface area contributed by atoms with Crippen LogP contribution in [0.1, 0.15) is 30.0 Å². The molecule has 2 rings (SSSR count). The topological polar surface area (TPSA) is 74.5 Å². The van der Waals surface area contributed by atoms with E-state index in [0.29, 0.717) is 12.2 Å². The molecule has 0 radical (unpaired) electrons. The van der Waals surface area contributed by atoms with Crippen LogP contribution in [0.25, 0.3) is 0 Å². The van der Waals surface area contributed by atoms with Crippen LogP contribution < -0.4 is 10.6 Å². The standard InChI is InChI=1S/C17H22N2O3/c1-12-8-9-16(22-12)13(2)18-17(21)19-15(11-20)10-14-6-4-3-5-7-14/h3-9,13,15,20H,10-11H2,1-2H3,(H2,18,19,21)/t13?,15-/m0/s1. The summed E-state index contributed by atoms with van der Waals surface area (Å²) in [7, 11) is 0. The van der Waals surface area contributed by atoms with Crippen molar-refractivity contribution in [2.75, 3.05) is 6.61 Å². The van der Waals surface area contributed by atoms with Crippen LogP contribution >= 0.6 is 0 Å². The van der Waals surface area contributed by atoms with E-state index >= 15 is 0 Å². The van der Waals surface area contributed by atoms with Crippen molar-refractivity contribution >= 4 is 6.03 Å². The predicted octanol–water partition coefficient (Wildman–Crippen LogP) is 2.55. The van der Waals surface area contributed by atoms with Crippen molar-refractivity contribution in [3.63, 3.8) is 0 Å². The fourth-order valence-electron chi connectivity index (χ4n) is 2.24. The Labute approximate surface area is 130 Å². The van der Waals surface area contributed by atoms with Crippen LogP contribution in [0, 0.1) is 6.92 Å². The highest BCUT2D eigenvalue weighted by Crippen LogP contribution is 2.15.